The maximum absolute atomic E-state index is 12.9. The second-order valence-corrected chi connectivity index (χ2v) is 4.11. The summed E-state index contributed by atoms with van der Waals surface area (Å²) < 4.78 is 12.9. The number of nitrogens with one attached hydrogen (secondary N) is 1. The van der Waals surface area contributed by atoms with Gasteiger partial charge in [0.2, 0.25) is 0 Å². The topological polar surface area (TPSA) is 55.1 Å². The predicted octanol–water partition coefficient (Wildman–Crippen LogP) is 3.31. The van der Waals surface area contributed by atoms with Crippen molar-refractivity contribution in [2.45, 2.75) is 0 Å². The van der Waals surface area contributed by atoms with Gasteiger partial charge < -0.3 is 11.1 Å². The minimum atomic E-state index is -0.413. The number of hydrogen-bond acceptors (Lipinski definition) is 2. The van der Waals surface area contributed by atoms with Crippen molar-refractivity contribution in [3.8, 4) is 0 Å². The third-order valence-electron chi connectivity index (χ3n) is 2.34. The lowest BCUT2D eigenvalue weighted by molar-refractivity contribution is 0.102. The molecule has 0 aliphatic rings. The van der Waals surface area contributed by atoms with Gasteiger partial charge in [0.15, 0.2) is 0 Å². The maximum Gasteiger partial charge on any atom is 0.255 e. The van der Waals surface area contributed by atoms with E-state index in [1.807, 2.05) is 0 Å². The van der Waals surface area contributed by atoms with E-state index in [9.17, 15) is 9.18 Å². The SMILES string of the molecule is Nc1cc(C(=O)Nc2cccc(F)c2)ccc1Cl. The van der Waals surface area contributed by atoms with Crippen molar-refractivity contribution in [1.82, 2.24) is 0 Å². The first-order chi connectivity index (χ1) is 8.56. The van der Waals surface area contributed by atoms with Gasteiger partial charge in [-0.3, -0.25) is 4.79 Å². The van der Waals surface area contributed by atoms with Crippen LogP contribution in [0.2, 0.25) is 5.02 Å². The van der Waals surface area contributed by atoms with Gasteiger partial charge in [-0.05, 0) is 36.4 Å². The lowest BCUT2D eigenvalue weighted by Gasteiger charge is -2.06. The molecule has 0 spiro atoms. The van der Waals surface area contributed by atoms with Crippen LogP contribution in [0.25, 0.3) is 0 Å². The van der Waals surface area contributed by atoms with Crippen LogP contribution in [0.1, 0.15) is 10.4 Å². The standard InChI is InChI=1S/C13H10ClFN2O/c14-11-5-4-8(6-12(11)16)13(18)17-10-3-1-2-9(15)7-10/h1-7H,16H2,(H,17,18). The Balaban J connectivity index is 2.19. The van der Waals surface area contributed by atoms with Gasteiger partial charge >= 0.3 is 0 Å². The first-order valence-electron chi connectivity index (χ1n) is 5.18. The van der Waals surface area contributed by atoms with Crippen molar-refractivity contribution >= 4 is 28.9 Å². The maximum atomic E-state index is 12.9. The second kappa shape index (κ2) is 5.06. The van der Waals surface area contributed by atoms with E-state index < -0.39 is 5.82 Å². The molecule has 0 aliphatic heterocycles. The van der Waals surface area contributed by atoms with Crippen LogP contribution in [0.3, 0.4) is 0 Å². The molecule has 5 heteroatoms. The Bertz CT molecular complexity index is 601. The lowest BCUT2D eigenvalue weighted by atomic mass is 10.2. The van der Waals surface area contributed by atoms with Crippen LogP contribution in [0.4, 0.5) is 15.8 Å². The van der Waals surface area contributed by atoms with E-state index in [0.717, 1.165) is 0 Å². The summed E-state index contributed by atoms with van der Waals surface area (Å²) in [6.07, 6.45) is 0. The quantitative estimate of drug-likeness (QED) is 0.818. The summed E-state index contributed by atoms with van der Waals surface area (Å²) in [6.45, 7) is 0. The van der Waals surface area contributed by atoms with Gasteiger partial charge in [-0.25, -0.2) is 4.39 Å². The van der Waals surface area contributed by atoms with Crippen LogP contribution < -0.4 is 11.1 Å². The molecule has 0 unspecified atom stereocenters. The highest BCUT2D eigenvalue weighted by Crippen LogP contribution is 2.20. The molecule has 0 heterocycles. The van der Waals surface area contributed by atoms with Crippen LogP contribution >= 0.6 is 11.6 Å². The normalized spacial score (nSPS) is 10.1. The Kier molecular flexibility index (Phi) is 3.48. The highest BCUT2D eigenvalue weighted by Gasteiger charge is 2.08. The third kappa shape index (κ3) is 2.78. The average molecular weight is 265 g/mol. The molecule has 0 atom stereocenters. The zero-order valence-corrected chi connectivity index (χ0v) is 10.0. The van der Waals surface area contributed by atoms with Crippen molar-refractivity contribution in [3.63, 3.8) is 0 Å². The number of benzene rings is 2. The molecule has 2 rings (SSSR count). The smallest absolute Gasteiger partial charge is 0.255 e. The second-order valence-electron chi connectivity index (χ2n) is 3.70. The molecule has 0 saturated carbocycles. The van der Waals surface area contributed by atoms with Crippen LogP contribution in [-0.4, -0.2) is 5.91 Å². The fourth-order valence-electron chi connectivity index (χ4n) is 1.45. The molecule has 92 valence electrons. The highest BCUT2D eigenvalue weighted by molar-refractivity contribution is 6.33. The minimum Gasteiger partial charge on any atom is -0.398 e. The molecule has 2 aromatic carbocycles. The van der Waals surface area contributed by atoms with Crippen LogP contribution in [-0.2, 0) is 0 Å². The summed E-state index contributed by atoms with van der Waals surface area (Å²) >= 11 is 5.76. The van der Waals surface area contributed by atoms with Crippen molar-refractivity contribution in [1.29, 1.82) is 0 Å². The highest BCUT2D eigenvalue weighted by atomic mass is 35.5. The van der Waals surface area contributed by atoms with Crippen molar-refractivity contribution in [2.24, 2.45) is 0 Å². The zero-order chi connectivity index (χ0) is 13.1. The number of carbonyl (C=O) groups is 1. The van der Waals surface area contributed by atoms with Crippen LogP contribution in [0.5, 0.6) is 0 Å². The monoisotopic (exact) mass is 264 g/mol. The summed E-state index contributed by atoms with van der Waals surface area (Å²) in [4.78, 5) is 11.9. The first kappa shape index (κ1) is 12.4. The van der Waals surface area contributed by atoms with E-state index in [1.54, 1.807) is 12.1 Å². The predicted molar refractivity (Wildman–Crippen MR) is 70.2 cm³/mol. The van der Waals surface area contributed by atoms with Crippen molar-refractivity contribution in [2.75, 3.05) is 11.1 Å². The summed E-state index contributed by atoms with van der Waals surface area (Å²) in [6, 6.07) is 10.2. The van der Waals surface area contributed by atoms with Crippen molar-refractivity contribution < 1.29 is 9.18 Å². The van der Waals surface area contributed by atoms with E-state index >= 15 is 0 Å². The molecular formula is C13H10ClFN2O. The molecule has 2 aromatic rings. The Morgan fingerprint density at radius 1 is 1.22 bits per heavy atom. The van der Waals surface area contributed by atoms with Gasteiger partial charge in [-0.15, -0.1) is 0 Å². The molecule has 0 aromatic heterocycles. The van der Waals surface area contributed by atoms with Gasteiger partial charge in [-0.1, -0.05) is 17.7 Å². The summed E-state index contributed by atoms with van der Waals surface area (Å²) in [5.41, 5.74) is 6.67. The zero-order valence-electron chi connectivity index (χ0n) is 9.28. The largest absolute Gasteiger partial charge is 0.398 e. The lowest BCUT2D eigenvalue weighted by Crippen LogP contribution is -2.12. The number of halogens is 2. The van der Waals surface area contributed by atoms with Gasteiger partial charge in [-0.2, -0.15) is 0 Å². The molecule has 0 fully saturated rings. The van der Waals surface area contributed by atoms with E-state index in [0.29, 0.717) is 22.0 Å². The van der Waals surface area contributed by atoms with Crippen LogP contribution in [0.15, 0.2) is 42.5 Å². The van der Waals surface area contributed by atoms with E-state index in [2.05, 4.69) is 5.32 Å². The summed E-state index contributed by atoms with van der Waals surface area (Å²) in [7, 11) is 0. The van der Waals surface area contributed by atoms with E-state index in [1.165, 1.54) is 30.3 Å². The van der Waals surface area contributed by atoms with Crippen LogP contribution in [0, 0.1) is 5.82 Å². The molecular weight excluding hydrogens is 255 g/mol. The Hall–Kier alpha value is -2.07. The number of anilines is 2. The first-order valence-corrected chi connectivity index (χ1v) is 5.56. The van der Waals surface area contributed by atoms with Crippen molar-refractivity contribution in [3.05, 3.63) is 58.9 Å². The fraction of sp³-hybridized carbons (Fsp3) is 0. The Morgan fingerprint density at radius 3 is 2.67 bits per heavy atom. The minimum absolute atomic E-state index is 0.323. The molecule has 0 saturated heterocycles. The number of nitrogens with two attached hydrogens (primary N) is 1. The number of hydrogen-bond donors (Lipinski definition) is 2. The van der Waals surface area contributed by atoms with Gasteiger partial charge in [0.05, 0.1) is 10.7 Å². The number of carbonyl (C=O) groups excluding carboxylic acids is 1. The molecule has 0 bridgehead atoms. The summed E-state index contributed by atoms with van der Waals surface area (Å²) in [5.74, 6) is -0.785. The molecule has 3 N–H and O–H groups in total. The van der Waals surface area contributed by atoms with Gasteiger partial charge in [0.25, 0.3) is 5.91 Å². The van der Waals surface area contributed by atoms with Gasteiger partial charge in [0, 0.05) is 11.3 Å². The fourth-order valence-corrected chi connectivity index (χ4v) is 1.57. The third-order valence-corrected chi connectivity index (χ3v) is 2.68. The average Bonchev–Trinajstić information content (AvgIpc) is 2.32. The van der Waals surface area contributed by atoms with E-state index in [-0.39, 0.29) is 5.91 Å². The molecule has 18 heavy (non-hydrogen) atoms. The van der Waals surface area contributed by atoms with Gasteiger partial charge in [0.1, 0.15) is 5.82 Å². The molecule has 1 amide bonds. The Morgan fingerprint density at radius 2 is 2.00 bits per heavy atom. The Labute approximate surface area is 108 Å². The van der Waals surface area contributed by atoms with E-state index in [4.69, 9.17) is 17.3 Å². The number of rotatable bonds is 2. The summed E-state index contributed by atoms with van der Waals surface area (Å²) in [5, 5.41) is 2.95. The number of amides is 1. The molecule has 3 nitrogen and oxygen atoms in total. The number of nitrogen functional groups attached to an aromatic ring is 1. The molecule has 0 aliphatic carbocycles. The molecule has 0 radical (unpaired) electrons.